The SMILES string of the molecule is C=CCOC(=O)NCCOCC[N+](C)(C)CCP. The smallest absolute Gasteiger partial charge is 0.407 e. The summed E-state index contributed by atoms with van der Waals surface area (Å²) < 4.78 is 11.2. The maximum atomic E-state index is 11.0. The Morgan fingerprint density at radius 2 is 2.11 bits per heavy atom. The molecule has 0 fully saturated rings. The number of rotatable bonds is 10. The lowest BCUT2D eigenvalue weighted by Crippen LogP contribution is -2.43. The van der Waals surface area contributed by atoms with Crippen molar-refractivity contribution in [1.29, 1.82) is 0 Å². The second kappa shape index (κ2) is 10.3. The Morgan fingerprint density at radius 3 is 2.72 bits per heavy atom. The molecule has 0 aromatic heterocycles. The molecule has 5 nitrogen and oxygen atoms in total. The van der Waals surface area contributed by atoms with E-state index < -0.39 is 6.09 Å². The van der Waals surface area contributed by atoms with E-state index in [1.54, 1.807) is 0 Å². The largest absolute Gasteiger partial charge is 0.445 e. The number of quaternary nitrogens is 1. The highest BCUT2D eigenvalue weighted by Gasteiger charge is 2.12. The number of likely N-dealkylation sites (N-methyl/N-ethyl adjacent to an activating group) is 1. The molecule has 0 rings (SSSR count). The maximum Gasteiger partial charge on any atom is 0.407 e. The predicted octanol–water partition coefficient (Wildman–Crippen LogP) is 0.867. The van der Waals surface area contributed by atoms with Crippen LogP contribution < -0.4 is 5.32 Å². The van der Waals surface area contributed by atoms with E-state index in [9.17, 15) is 4.79 Å². The zero-order chi connectivity index (χ0) is 13.9. The van der Waals surface area contributed by atoms with Gasteiger partial charge in [-0.05, 0) is 0 Å². The Kier molecular flexibility index (Phi) is 9.93. The highest BCUT2D eigenvalue weighted by atomic mass is 31.0. The van der Waals surface area contributed by atoms with Crippen LogP contribution in [-0.4, -0.2) is 70.3 Å². The van der Waals surface area contributed by atoms with Crippen LogP contribution in [0.2, 0.25) is 0 Å². The van der Waals surface area contributed by atoms with Gasteiger partial charge in [0.15, 0.2) is 0 Å². The van der Waals surface area contributed by atoms with Crippen LogP contribution in [-0.2, 0) is 9.47 Å². The molecule has 6 heteroatoms. The standard InChI is InChI=1S/C12H25N2O3P/c1-4-8-17-12(15)13-5-9-16-10-6-14(2,3)7-11-18/h4H,1,5-11,18H2,2-3H3/p+1. The number of nitrogens with zero attached hydrogens (tertiary/aromatic N) is 1. The van der Waals surface area contributed by atoms with Crippen molar-refractivity contribution in [2.75, 3.05) is 59.7 Å². The summed E-state index contributed by atoms with van der Waals surface area (Å²) in [4.78, 5) is 11.0. The number of ether oxygens (including phenoxy) is 2. The van der Waals surface area contributed by atoms with Gasteiger partial charge in [0.25, 0.3) is 0 Å². The average Bonchev–Trinajstić information content (AvgIpc) is 2.30. The number of nitrogens with one attached hydrogen (secondary N) is 1. The molecule has 0 aliphatic rings. The summed E-state index contributed by atoms with van der Waals surface area (Å²) in [5, 5.41) is 2.60. The van der Waals surface area contributed by atoms with Crippen molar-refractivity contribution >= 4 is 15.3 Å². The first-order valence-electron chi connectivity index (χ1n) is 6.13. The predicted molar refractivity (Wildman–Crippen MR) is 76.8 cm³/mol. The molecular formula is C12H26N2O3P+. The summed E-state index contributed by atoms with van der Waals surface area (Å²) in [6.45, 7) is 7.43. The topological polar surface area (TPSA) is 47.6 Å². The molecule has 1 amide bonds. The Balaban J connectivity index is 3.40. The second-order valence-corrected chi connectivity index (χ2v) is 5.18. The number of hydrogen-bond donors (Lipinski definition) is 1. The van der Waals surface area contributed by atoms with E-state index in [-0.39, 0.29) is 6.61 Å². The van der Waals surface area contributed by atoms with Gasteiger partial charge >= 0.3 is 6.09 Å². The van der Waals surface area contributed by atoms with E-state index in [2.05, 4.69) is 35.2 Å². The quantitative estimate of drug-likeness (QED) is 0.279. The molecule has 0 aromatic carbocycles. The van der Waals surface area contributed by atoms with Gasteiger partial charge < -0.3 is 19.3 Å². The number of carbonyl (C=O) groups excluding carboxylic acids is 1. The summed E-state index contributed by atoms with van der Waals surface area (Å²) in [5.41, 5.74) is 0. The minimum absolute atomic E-state index is 0.230. The third-order valence-corrected chi connectivity index (χ3v) is 2.68. The van der Waals surface area contributed by atoms with E-state index in [0.717, 1.165) is 23.7 Å². The Hall–Kier alpha value is -0.640. The molecule has 1 N–H and O–H groups in total. The summed E-state index contributed by atoms with van der Waals surface area (Å²) in [7, 11) is 7.09. The average molecular weight is 277 g/mol. The first-order valence-corrected chi connectivity index (χ1v) is 6.95. The van der Waals surface area contributed by atoms with Crippen LogP contribution in [0.1, 0.15) is 0 Å². The molecule has 106 valence electrons. The molecule has 0 saturated heterocycles. The van der Waals surface area contributed by atoms with Gasteiger partial charge in [0.05, 0.1) is 33.9 Å². The monoisotopic (exact) mass is 277 g/mol. The van der Waals surface area contributed by atoms with Gasteiger partial charge in [-0.2, -0.15) is 0 Å². The molecule has 0 spiro atoms. The lowest BCUT2D eigenvalue weighted by atomic mass is 10.4. The zero-order valence-corrected chi connectivity index (χ0v) is 12.6. The molecule has 0 bridgehead atoms. The molecule has 0 aliphatic carbocycles. The molecule has 0 aromatic rings. The van der Waals surface area contributed by atoms with Crippen molar-refractivity contribution in [3.8, 4) is 0 Å². The maximum absolute atomic E-state index is 11.0. The summed E-state index contributed by atoms with van der Waals surface area (Å²) in [5.74, 6) is 0. The molecule has 0 heterocycles. The normalized spacial score (nSPS) is 11.1. The fraction of sp³-hybridized carbons (Fsp3) is 0.750. The van der Waals surface area contributed by atoms with Crippen molar-refractivity contribution in [2.24, 2.45) is 0 Å². The third kappa shape index (κ3) is 10.5. The molecular weight excluding hydrogens is 251 g/mol. The lowest BCUT2D eigenvalue weighted by molar-refractivity contribution is -0.888. The van der Waals surface area contributed by atoms with Gasteiger partial charge in [0.2, 0.25) is 0 Å². The molecule has 0 saturated carbocycles. The highest BCUT2D eigenvalue weighted by molar-refractivity contribution is 7.16. The molecule has 0 aliphatic heterocycles. The molecule has 0 radical (unpaired) electrons. The zero-order valence-electron chi connectivity index (χ0n) is 11.5. The van der Waals surface area contributed by atoms with Gasteiger partial charge in [-0.25, -0.2) is 4.79 Å². The van der Waals surface area contributed by atoms with E-state index >= 15 is 0 Å². The van der Waals surface area contributed by atoms with E-state index in [1.807, 2.05) is 0 Å². The van der Waals surface area contributed by atoms with Gasteiger partial charge in [0.1, 0.15) is 13.2 Å². The van der Waals surface area contributed by atoms with E-state index in [4.69, 9.17) is 9.47 Å². The van der Waals surface area contributed by atoms with Crippen molar-refractivity contribution in [3.63, 3.8) is 0 Å². The van der Waals surface area contributed by atoms with Crippen LogP contribution >= 0.6 is 9.24 Å². The fourth-order valence-corrected chi connectivity index (χ4v) is 1.98. The van der Waals surface area contributed by atoms with Crippen molar-refractivity contribution < 1.29 is 18.8 Å². The minimum Gasteiger partial charge on any atom is -0.445 e. The summed E-state index contributed by atoms with van der Waals surface area (Å²) in [6, 6.07) is 0. The number of alkyl carbamates (subject to hydrolysis) is 1. The van der Waals surface area contributed by atoms with Crippen molar-refractivity contribution in [1.82, 2.24) is 5.32 Å². The lowest BCUT2D eigenvalue weighted by Gasteiger charge is -2.29. The first-order chi connectivity index (χ1) is 8.52. The Bertz CT molecular complexity index is 247. The van der Waals surface area contributed by atoms with Crippen LogP contribution in [0.3, 0.4) is 0 Å². The van der Waals surface area contributed by atoms with Gasteiger partial charge in [-0.3, -0.25) is 0 Å². The van der Waals surface area contributed by atoms with E-state index in [1.165, 1.54) is 6.08 Å². The van der Waals surface area contributed by atoms with Crippen LogP contribution in [0, 0.1) is 0 Å². The van der Waals surface area contributed by atoms with E-state index in [0.29, 0.717) is 19.8 Å². The number of amides is 1. The summed E-state index contributed by atoms with van der Waals surface area (Å²) >= 11 is 0. The first kappa shape index (κ1) is 17.4. The summed E-state index contributed by atoms with van der Waals surface area (Å²) in [6.07, 6.45) is 2.18. The van der Waals surface area contributed by atoms with Crippen LogP contribution in [0.5, 0.6) is 0 Å². The van der Waals surface area contributed by atoms with Gasteiger partial charge in [0, 0.05) is 12.7 Å². The Morgan fingerprint density at radius 1 is 1.39 bits per heavy atom. The molecule has 1 unspecified atom stereocenters. The second-order valence-electron chi connectivity index (χ2n) is 4.60. The fourth-order valence-electron chi connectivity index (χ4n) is 1.29. The minimum atomic E-state index is -0.433. The van der Waals surface area contributed by atoms with Crippen molar-refractivity contribution in [3.05, 3.63) is 12.7 Å². The van der Waals surface area contributed by atoms with Gasteiger partial charge in [-0.15, -0.1) is 9.24 Å². The van der Waals surface area contributed by atoms with Crippen molar-refractivity contribution in [2.45, 2.75) is 0 Å². The Labute approximate surface area is 112 Å². The highest BCUT2D eigenvalue weighted by Crippen LogP contribution is 1.98. The van der Waals surface area contributed by atoms with Crippen LogP contribution in [0.4, 0.5) is 4.79 Å². The number of hydrogen-bond acceptors (Lipinski definition) is 3. The third-order valence-electron chi connectivity index (χ3n) is 2.42. The van der Waals surface area contributed by atoms with Gasteiger partial charge in [-0.1, -0.05) is 12.7 Å². The van der Waals surface area contributed by atoms with Crippen LogP contribution in [0.15, 0.2) is 12.7 Å². The van der Waals surface area contributed by atoms with Crippen LogP contribution in [0.25, 0.3) is 0 Å². The molecule has 18 heavy (non-hydrogen) atoms. The molecule has 1 atom stereocenters. The number of carbonyl (C=O) groups is 1.